The van der Waals surface area contributed by atoms with E-state index >= 15 is 0 Å². The van der Waals surface area contributed by atoms with E-state index in [4.69, 9.17) is 0 Å². The summed E-state index contributed by atoms with van der Waals surface area (Å²) in [5.74, 6) is -0.756. The summed E-state index contributed by atoms with van der Waals surface area (Å²) in [5, 5.41) is 0. The minimum atomic E-state index is -0.756. The van der Waals surface area contributed by atoms with Crippen molar-refractivity contribution in [3.63, 3.8) is 0 Å². The summed E-state index contributed by atoms with van der Waals surface area (Å²) in [5.41, 5.74) is 35.9. The van der Waals surface area contributed by atoms with Gasteiger partial charge in [-0.1, -0.05) is 9.15 Å². The summed E-state index contributed by atoms with van der Waals surface area (Å²) in [4.78, 5) is 0. The van der Waals surface area contributed by atoms with Crippen molar-refractivity contribution in [2.45, 2.75) is 131 Å². The van der Waals surface area contributed by atoms with Crippen molar-refractivity contribution >= 4 is 34.0 Å². The lowest BCUT2D eigenvalue weighted by atomic mass is 9.86. The predicted molar refractivity (Wildman–Crippen MR) is 207 cm³/mol. The van der Waals surface area contributed by atoms with Gasteiger partial charge in [-0.05, 0) is 178 Å². The molecule has 0 unspecified atom stereocenters. The fraction of sp³-hybridized carbons (Fsp3) is 0.422. The maximum absolute atomic E-state index is 2.78. The molecule has 0 amide bonds. The van der Waals surface area contributed by atoms with Gasteiger partial charge in [0.1, 0.15) is 0 Å². The summed E-state index contributed by atoms with van der Waals surface area (Å²) < 4.78 is 11.1. The van der Waals surface area contributed by atoms with E-state index in [1.54, 1.807) is 0 Å². The summed E-state index contributed by atoms with van der Waals surface area (Å²) in [6.45, 7) is 42.4. The Hall–Kier alpha value is -4.18. The van der Waals surface area contributed by atoms with Crippen molar-refractivity contribution in [1.82, 2.24) is 9.13 Å². The third kappa shape index (κ3) is 3.16. The van der Waals surface area contributed by atoms with Crippen LogP contribution >= 0.6 is 0 Å². The molecule has 0 bridgehead atoms. The first-order valence-corrected chi connectivity index (χ1v) is 18.2. The van der Waals surface area contributed by atoms with Crippen molar-refractivity contribution in [3.05, 3.63) is 112 Å². The van der Waals surface area contributed by atoms with Crippen LogP contribution < -0.4 is 0 Å². The van der Waals surface area contributed by atoms with Crippen molar-refractivity contribution in [3.8, 4) is 0 Å². The number of benzene rings is 2. The second kappa shape index (κ2) is 9.53. The van der Waals surface area contributed by atoms with Crippen LogP contribution in [0, 0.1) is 96.9 Å². The van der Waals surface area contributed by atoms with Gasteiger partial charge in [0.2, 0.25) is 11.4 Å². The average Bonchev–Trinajstić information content (AvgIpc) is 3.71. The Kier molecular flexibility index (Phi) is 6.23. The van der Waals surface area contributed by atoms with Gasteiger partial charge in [-0.3, -0.25) is 0 Å². The van der Waals surface area contributed by atoms with Crippen LogP contribution in [0.3, 0.4) is 0 Å². The second-order valence-corrected chi connectivity index (χ2v) is 15.9. The van der Waals surface area contributed by atoms with E-state index in [0.717, 1.165) is 0 Å². The molecule has 49 heavy (non-hydrogen) atoms. The van der Waals surface area contributed by atoms with Crippen molar-refractivity contribution in [2.75, 3.05) is 0 Å². The molecule has 0 saturated heterocycles. The number of hydrogen-bond donors (Lipinski definition) is 0. The molecule has 4 heteroatoms. The first kappa shape index (κ1) is 32.0. The molecule has 252 valence electrons. The van der Waals surface area contributed by atoms with Crippen LogP contribution in [0.25, 0.3) is 22.5 Å². The molecular weight excluding hydrogens is 597 g/mol. The minimum absolute atomic E-state index is 0.756. The largest absolute Gasteiger partial charge is 0.552 e. The van der Waals surface area contributed by atoms with E-state index in [-0.39, 0.29) is 0 Å². The number of allylic oxidation sites excluding steroid dienone is 2. The van der Waals surface area contributed by atoms with Crippen molar-refractivity contribution in [2.24, 2.45) is 0 Å². The summed E-state index contributed by atoms with van der Waals surface area (Å²) in [6, 6.07) is 0. The third-order valence-electron chi connectivity index (χ3n) is 14.3. The van der Waals surface area contributed by atoms with Gasteiger partial charge in [0.25, 0.3) is 0 Å². The molecule has 0 fully saturated rings. The molecular formula is C45H54N4+2. The lowest BCUT2D eigenvalue weighted by Gasteiger charge is -2.39. The molecule has 4 nitrogen and oxygen atoms in total. The van der Waals surface area contributed by atoms with Crippen molar-refractivity contribution in [1.29, 1.82) is 0 Å². The van der Waals surface area contributed by atoms with Crippen LogP contribution in [-0.4, -0.2) is 29.7 Å². The van der Waals surface area contributed by atoms with Gasteiger partial charge in [0, 0.05) is 36.4 Å². The highest BCUT2D eigenvalue weighted by atomic mass is 15.6. The van der Waals surface area contributed by atoms with E-state index in [0.29, 0.717) is 0 Å². The van der Waals surface area contributed by atoms with Gasteiger partial charge >= 0.3 is 5.91 Å². The van der Waals surface area contributed by atoms with Gasteiger partial charge in [-0.15, -0.1) is 0 Å². The molecule has 0 atom stereocenters. The Labute approximate surface area is 293 Å². The first-order valence-electron chi connectivity index (χ1n) is 18.2. The lowest BCUT2D eigenvalue weighted by Crippen LogP contribution is -2.63. The SMILES string of the molecule is CC1=C2c3c(C)c(C)c(C)c(C)c3C(C)=[N+]2C2(n3c(C)c(C)c(C)c31)n1c(C)c(C)c(C)c1C(C)=C1c3c(C)c(C)c(C)c(C)c3C(C)=[N+]12. The number of aromatic nitrogens is 2. The molecule has 4 aliphatic heterocycles. The number of nitrogens with zero attached hydrogens (tertiary/aromatic N) is 4. The molecule has 0 N–H and O–H groups in total. The van der Waals surface area contributed by atoms with E-state index in [9.17, 15) is 0 Å². The second-order valence-electron chi connectivity index (χ2n) is 15.9. The molecule has 6 heterocycles. The van der Waals surface area contributed by atoms with Gasteiger partial charge < -0.3 is 0 Å². The highest BCUT2D eigenvalue weighted by molar-refractivity contribution is 6.12. The van der Waals surface area contributed by atoms with E-state index < -0.39 is 5.91 Å². The van der Waals surface area contributed by atoms with Gasteiger partial charge in [-0.25, -0.2) is 9.13 Å². The Bertz CT molecular complexity index is 2310. The maximum atomic E-state index is 2.78. The molecule has 0 aliphatic carbocycles. The Morgan fingerprint density at radius 2 is 0.612 bits per heavy atom. The normalized spacial score (nSPS) is 17.0. The van der Waals surface area contributed by atoms with Gasteiger partial charge in [-0.2, -0.15) is 0 Å². The van der Waals surface area contributed by atoms with Crippen LogP contribution in [0.4, 0.5) is 0 Å². The topological polar surface area (TPSA) is 15.9 Å². The van der Waals surface area contributed by atoms with Crippen LogP contribution in [0.2, 0.25) is 0 Å². The molecule has 2 aromatic heterocycles. The molecule has 8 rings (SSSR count). The van der Waals surface area contributed by atoms with Gasteiger partial charge in [0.05, 0.1) is 33.6 Å². The van der Waals surface area contributed by atoms with Crippen LogP contribution in [0.1, 0.15) is 139 Å². The van der Waals surface area contributed by atoms with E-state index in [1.807, 2.05) is 0 Å². The molecule has 4 aromatic rings. The Balaban J connectivity index is 1.73. The first-order chi connectivity index (χ1) is 22.9. The summed E-state index contributed by atoms with van der Waals surface area (Å²) in [7, 11) is 0. The van der Waals surface area contributed by atoms with E-state index in [2.05, 4.69) is 143 Å². The fourth-order valence-corrected chi connectivity index (χ4v) is 10.7. The monoisotopic (exact) mass is 650 g/mol. The smallest absolute Gasteiger partial charge is 0.203 e. The zero-order valence-electron chi connectivity index (χ0n) is 33.3. The highest BCUT2D eigenvalue weighted by Gasteiger charge is 2.72. The molecule has 2 aromatic carbocycles. The highest BCUT2D eigenvalue weighted by Crippen LogP contribution is 2.57. The average molecular weight is 651 g/mol. The fourth-order valence-electron chi connectivity index (χ4n) is 10.7. The number of fused-ring (bicyclic) bond motifs is 12. The molecule has 4 aliphatic rings. The molecule has 0 saturated carbocycles. The van der Waals surface area contributed by atoms with Gasteiger partial charge in [0.15, 0.2) is 11.4 Å². The summed E-state index contributed by atoms with van der Waals surface area (Å²) in [6.07, 6.45) is 0. The maximum Gasteiger partial charge on any atom is 0.552 e. The summed E-state index contributed by atoms with van der Waals surface area (Å²) >= 11 is 0. The van der Waals surface area contributed by atoms with Crippen LogP contribution in [0.15, 0.2) is 0 Å². The third-order valence-corrected chi connectivity index (χ3v) is 14.3. The zero-order valence-corrected chi connectivity index (χ0v) is 33.3. The predicted octanol–water partition coefficient (Wildman–Crippen LogP) is 10.2. The zero-order chi connectivity index (χ0) is 35.8. The quantitative estimate of drug-likeness (QED) is 0.168. The molecule has 1 spiro atoms. The molecule has 0 radical (unpaired) electrons. The lowest BCUT2D eigenvalue weighted by molar-refractivity contribution is -0.804. The van der Waals surface area contributed by atoms with E-state index in [1.165, 1.54) is 146 Å². The number of rotatable bonds is 0. The Morgan fingerprint density at radius 3 is 0.918 bits per heavy atom. The standard InChI is InChI=1S/C45H54N4/c1-19-21(3)27(9)39-37(25(19)7)35(17)48-43(39)31(13)41-29(11)23(5)33(15)46(41)45(48)47-34(16)24(6)30(12)42(47)32(14)44-40-28(10)22(4)20(2)26(8)38(40)36(18)49(44)45/h1-18H3/q+2. The number of hydrogen-bond acceptors (Lipinski definition) is 0. The minimum Gasteiger partial charge on any atom is -0.203 e. The Morgan fingerprint density at radius 1 is 0.327 bits per heavy atom. The van der Waals surface area contributed by atoms with Crippen LogP contribution in [-0.2, 0) is 5.91 Å². The van der Waals surface area contributed by atoms with Crippen LogP contribution in [0.5, 0.6) is 0 Å². The van der Waals surface area contributed by atoms with Crippen molar-refractivity contribution < 1.29 is 9.15 Å².